The van der Waals surface area contributed by atoms with Gasteiger partial charge < -0.3 is 4.74 Å². The fourth-order valence-corrected chi connectivity index (χ4v) is 1.63. The Labute approximate surface area is 109 Å². The first-order valence-electron chi connectivity index (χ1n) is 5.82. The zero-order chi connectivity index (χ0) is 13.7. The number of non-ortho nitro benzene ring substituents is 1. The molecule has 1 aromatic rings. The van der Waals surface area contributed by atoms with Crippen molar-refractivity contribution in [1.82, 2.24) is 5.01 Å². The summed E-state index contributed by atoms with van der Waals surface area (Å²) in [4.78, 5) is 21.8. The van der Waals surface area contributed by atoms with Crippen LogP contribution < -0.4 is 0 Å². The second-order valence-electron chi connectivity index (χ2n) is 3.98. The summed E-state index contributed by atoms with van der Waals surface area (Å²) in [7, 11) is 0. The number of ether oxygens (including phenoxy) is 1. The third-order valence-corrected chi connectivity index (χ3v) is 2.69. The van der Waals surface area contributed by atoms with Gasteiger partial charge >= 0.3 is 0 Å². The van der Waals surface area contributed by atoms with Gasteiger partial charge in [0, 0.05) is 17.7 Å². The van der Waals surface area contributed by atoms with Gasteiger partial charge in [0.05, 0.1) is 37.4 Å². The minimum Gasteiger partial charge on any atom is -0.378 e. The van der Waals surface area contributed by atoms with E-state index in [-0.39, 0.29) is 11.5 Å². The van der Waals surface area contributed by atoms with Gasteiger partial charge in [-0.15, -0.1) is 0 Å². The van der Waals surface area contributed by atoms with Crippen LogP contribution in [0.4, 0.5) is 5.69 Å². The van der Waals surface area contributed by atoms with Gasteiger partial charge in [-0.1, -0.05) is 0 Å². The molecule has 1 heterocycles. The minimum absolute atomic E-state index is 0.0401. The number of carbonyl (C=O) groups excluding carboxylic acids is 1. The lowest BCUT2D eigenvalue weighted by Crippen LogP contribution is -2.32. The number of carbonyl (C=O) groups is 1. The fraction of sp³-hybridized carbons (Fsp3) is 0.333. The van der Waals surface area contributed by atoms with Crippen LogP contribution >= 0.6 is 0 Å². The average Bonchev–Trinajstić information content (AvgIpc) is 2.46. The highest BCUT2D eigenvalue weighted by Gasteiger charge is 2.10. The molecule has 0 unspecified atom stereocenters. The van der Waals surface area contributed by atoms with E-state index in [0.717, 1.165) is 0 Å². The number of hydrogen-bond acceptors (Lipinski definition) is 6. The molecule has 7 heteroatoms. The molecule has 0 aliphatic carbocycles. The van der Waals surface area contributed by atoms with Crippen molar-refractivity contribution in [1.29, 1.82) is 0 Å². The first kappa shape index (κ1) is 13.2. The van der Waals surface area contributed by atoms with Crippen molar-refractivity contribution >= 4 is 17.7 Å². The van der Waals surface area contributed by atoms with Gasteiger partial charge in [0.25, 0.3) is 5.69 Å². The number of nitro benzene ring substituents is 1. The second-order valence-corrected chi connectivity index (χ2v) is 3.98. The fourth-order valence-electron chi connectivity index (χ4n) is 1.63. The summed E-state index contributed by atoms with van der Waals surface area (Å²) in [6, 6.07) is 5.45. The number of nitrogens with zero attached hydrogens (tertiary/aromatic N) is 3. The standard InChI is InChI=1S/C12H13N3O4/c16-12(9-13-14-5-7-19-8-6-14)10-1-3-11(4-2-10)15(17)18/h1-4,9H,5-8H2/b13-9+. The molecule has 1 aliphatic rings. The molecule has 1 aliphatic heterocycles. The number of nitro groups is 1. The van der Waals surface area contributed by atoms with E-state index in [1.807, 2.05) is 0 Å². The van der Waals surface area contributed by atoms with E-state index >= 15 is 0 Å². The highest BCUT2D eigenvalue weighted by Crippen LogP contribution is 2.11. The lowest BCUT2D eigenvalue weighted by molar-refractivity contribution is -0.384. The van der Waals surface area contributed by atoms with E-state index in [9.17, 15) is 14.9 Å². The van der Waals surface area contributed by atoms with Crippen LogP contribution in [0.3, 0.4) is 0 Å². The monoisotopic (exact) mass is 263 g/mol. The summed E-state index contributed by atoms with van der Waals surface area (Å²) in [5.41, 5.74) is 0.337. The van der Waals surface area contributed by atoms with Crippen LogP contribution in [0.1, 0.15) is 10.4 Å². The van der Waals surface area contributed by atoms with Gasteiger partial charge in [-0.3, -0.25) is 19.9 Å². The lowest BCUT2D eigenvalue weighted by Gasteiger charge is -2.23. The van der Waals surface area contributed by atoms with Gasteiger partial charge in [0.2, 0.25) is 5.78 Å². The maximum Gasteiger partial charge on any atom is 0.269 e. The van der Waals surface area contributed by atoms with E-state index in [0.29, 0.717) is 31.9 Å². The molecule has 100 valence electrons. The first-order chi connectivity index (χ1) is 9.16. The SMILES string of the molecule is O=C(/C=N/N1CCOCC1)c1ccc([N+](=O)[O-])cc1. The summed E-state index contributed by atoms with van der Waals surface area (Å²) >= 11 is 0. The van der Waals surface area contributed by atoms with Crippen molar-refractivity contribution < 1.29 is 14.5 Å². The molecular formula is C12H13N3O4. The Bertz CT molecular complexity index is 492. The third-order valence-electron chi connectivity index (χ3n) is 2.69. The molecule has 1 saturated heterocycles. The molecule has 0 N–H and O–H groups in total. The molecule has 0 bridgehead atoms. The lowest BCUT2D eigenvalue weighted by atomic mass is 10.1. The summed E-state index contributed by atoms with van der Waals surface area (Å²) in [5, 5.41) is 16.3. The molecule has 1 aromatic carbocycles. The van der Waals surface area contributed by atoms with Crippen molar-refractivity contribution in [3.05, 3.63) is 39.9 Å². The normalized spacial score (nSPS) is 15.7. The number of ketones is 1. The molecule has 2 rings (SSSR count). The van der Waals surface area contributed by atoms with Crippen molar-refractivity contribution in [2.75, 3.05) is 26.3 Å². The van der Waals surface area contributed by atoms with E-state index in [1.165, 1.54) is 30.5 Å². The molecule has 0 aromatic heterocycles. The molecule has 19 heavy (non-hydrogen) atoms. The van der Waals surface area contributed by atoms with E-state index in [1.54, 1.807) is 5.01 Å². The van der Waals surface area contributed by atoms with E-state index in [4.69, 9.17) is 4.74 Å². The number of morpholine rings is 1. The Morgan fingerprint density at radius 3 is 2.53 bits per heavy atom. The number of benzene rings is 1. The predicted molar refractivity (Wildman–Crippen MR) is 68.3 cm³/mol. The minimum atomic E-state index is -0.504. The van der Waals surface area contributed by atoms with E-state index in [2.05, 4.69) is 5.10 Å². The van der Waals surface area contributed by atoms with Crippen LogP contribution in [0.2, 0.25) is 0 Å². The molecule has 0 atom stereocenters. The van der Waals surface area contributed by atoms with Gasteiger partial charge in [0.1, 0.15) is 0 Å². The Morgan fingerprint density at radius 2 is 1.95 bits per heavy atom. The van der Waals surface area contributed by atoms with Crippen LogP contribution in [-0.4, -0.2) is 48.2 Å². The number of Topliss-reactive ketones (excluding diaryl/α,β-unsaturated/α-hetero) is 1. The van der Waals surface area contributed by atoms with Gasteiger partial charge in [-0.25, -0.2) is 0 Å². The molecule has 0 spiro atoms. The summed E-state index contributed by atoms with van der Waals surface area (Å²) in [6.45, 7) is 2.51. The summed E-state index contributed by atoms with van der Waals surface area (Å²) in [6.07, 6.45) is 1.23. The summed E-state index contributed by atoms with van der Waals surface area (Å²) in [5.74, 6) is -0.276. The Balaban J connectivity index is 1.98. The molecule has 1 fully saturated rings. The van der Waals surface area contributed by atoms with Gasteiger partial charge in [-0.2, -0.15) is 5.10 Å². The van der Waals surface area contributed by atoms with Crippen molar-refractivity contribution in [3.8, 4) is 0 Å². The maximum atomic E-state index is 11.8. The maximum absolute atomic E-state index is 11.8. The van der Waals surface area contributed by atoms with Crippen LogP contribution in [0.15, 0.2) is 29.4 Å². The second kappa shape index (κ2) is 6.05. The van der Waals surface area contributed by atoms with Gasteiger partial charge in [0.15, 0.2) is 0 Å². The van der Waals surface area contributed by atoms with Crippen LogP contribution in [0.5, 0.6) is 0 Å². The summed E-state index contributed by atoms with van der Waals surface area (Å²) < 4.78 is 5.16. The van der Waals surface area contributed by atoms with Crippen LogP contribution in [0, 0.1) is 10.1 Å². The zero-order valence-electron chi connectivity index (χ0n) is 10.2. The van der Waals surface area contributed by atoms with Crippen molar-refractivity contribution in [2.45, 2.75) is 0 Å². The zero-order valence-corrected chi connectivity index (χ0v) is 10.2. The van der Waals surface area contributed by atoms with E-state index < -0.39 is 4.92 Å². The molecule has 0 radical (unpaired) electrons. The molecule has 0 saturated carbocycles. The average molecular weight is 263 g/mol. The predicted octanol–water partition coefficient (Wildman–Crippen LogP) is 1.10. The third kappa shape index (κ3) is 3.59. The Morgan fingerprint density at radius 1 is 1.32 bits per heavy atom. The topological polar surface area (TPSA) is 85.0 Å². The molecular weight excluding hydrogens is 250 g/mol. The molecule has 0 amide bonds. The van der Waals surface area contributed by atoms with Crippen LogP contribution in [-0.2, 0) is 4.74 Å². The number of hydrogen-bond donors (Lipinski definition) is 0. The Kier molecular flexibility index (Phi) is 4.19. The first-order valence-corrected chi connectivity index (χ1v) is 5.82. The largest absolute Gasteiger partial charge is 0.378 e. The number of rotatable bonds is 4. The van der Waals surface area contributed by atoms with Crippen molar-refractivity contribution in [2.24, 2.45) is 5.10 Å². The van der Waals surface area contributed by atoms with Crippen molar-refractivity contribution in [3.63, 3.8) is 0 Å². The Hall–Kier alpha value is -2.28. The highest BCUT2D eigenvalue weighted by atomic mass is 16.6. The highest BCUT2D eigenvalue weighted by molar-refractivity contribution is 6.35. The van der Waals surface area contributed by atoms with Gasteiger partial charge in [-0.05, 0) is 12.1 Å². The quantitative estimate of drug-likeness (QED) is 0.351. The molecule has 7 nitrogen and oxygen atoms in total. The smallest absolute Gasteiger partial charge is 0.269 e. The van der Waals surface area contributed by atoms with Crippen LogP contribution in [0.25, 0.3) is 0 Å². The number of hydrazone groups is 1.